The molecule has 0 spiro atoms. The largest absolute Gasteiger partial charge is 0.454 e. The highest BCUT2D eigenvalue weighted by Gasteiger charge is 2.34. The SMILES string of the molecule is O=CCN1C[C@H](c2ccc3c(c2)OCO3)C[C@@H]1CCN1Cc2ccccc2C1=O. The molecule has 150 valence electrons. The Morgan fingerprint density at radius 1 is 1.10 bits per heavy atom. The van der Waals surface area contributed by atoms with Crippen molar-refractivity contribution in [1.82, 2.24) is 9.80 Å². The molecule has 29 heavy (non-hydrogen) atoms. The molecular weight excluding hydrogens is 368 g/mol. The Kier molecular flexibility index (Phi) is 4.72. The van der Waals surface area contributed by atoms with Gasteiger partial charge in [0.05, 0.1) is 6.54 Å². The molecule has 6 nitrogen and oxygen atoms in total. The van der Waals surface area contributed by atoms with Crippen LogP contribution in [0.25, 0.3) is 0 Å². The van der Waals surface area contributed by atoms with Crippen LogP contribution in [0.3, 0.4) is 0 Å². The highest BCUT2D eigenvalue weighted by Crippen LogP contribution is 2.39. The molecule has 3 aliphatic rings. The van der Waals surface area contributed by atoms with Gasteiger partial charge < -0.3 is 19.2 Å². The molecule has 0 N–H and O–H groups in total. The lowest BCUT2D eigenvalue weighted by atomic mass is 9.95. The van der Waals surface area contributed by atoms with Crippen molar-refractivity contribution in [2.75, 3.05) is 26.4 Å². The van der Waals surface area contributed by atoms with E-state index >= 15 is 0 Å². The van der Waals surface area contributed by atoms with Crippen LogP contribution in [0.2, 0.25) is 0 Å². The zero-order valence-electron chi connectivity index (χ0n) is 16.3. The monoisotopic (exact) mass is 392 g/mol. The van der Waals surface area contributed by atoms with E-state index in [0.29, 0.717) is 25.6 Å². The third-order valence-corrected chi connectivity index (χ3v) is 6.33. The lowest BCUT2D eigenvalue weighted by Gasteiger charge is -2.24. The molecule has 5 rings (SSSR count). The number of carbonyl (C=O) groups excluding carboxylic acids is 2. The average Bonchev–Trinajstić information content (AvgIpc) is 3.44. The first-order chi connectivity index (χ1) is 14.2. The van der Waals surface area contributed by atoms with E-state index in [1.807, 2.05) is 35.2 Å². The van der Waals surface area contributed by atoms with Crippen molar-refractivity contribution in [1.29, 1.82) is 0 Å². The summed E-state index contributed by atoms with van der Waals surface area (Å²) in [6.45, 7) is 2.94. The summed E-state index contributed by atoms with van der Waals surface area (Å²) in [7, 11) is 0. The Labute approximate surface area is 170 Å². The van der Waals surface area contributed by atoms with Crippen molar-refractivity contribution in [2.45, 2.75) is 31.3 Å². The second-order valence-electron chi connectivity index (χ2n) is 7.99. The molecule has 0 aromatic heterocycles. The van der Waals surface area contributed by atoms with E-state index in [9.17, 15) is 9.59 Å². The zero-order chi connectivity index (χ0) is 19.8. The quantitative estimate of drug-likeness (QED) is 0.708. The summed E-state index contributed by atoms with van der Waals surface area (Å²) in [5, 5.41) is 0. The van der Waals surface area contributed by atoms with Crippen LogP contribution < -0.4 is 9.47 Å². The van der Waals surface area contributed by atoms with Crippen LogP contribution in [0, 0.1) is 0 Å². The zero-order valence-corrected chi connectivity index (χ0v) is 16.3. The number of amides is 1. The summed E-state index contributed by atoms with van der Waals surface area (Å²) in [5.41, 5.74) is 3.14. The molecule has 3 aliphatic heterocycles. The van der Waals surface area contributed by atoms with Crippen LogP contribution >= 0.6 is 0 Å². The van der Waals surface area contributed by atoms with Crippen molar-refractivity contribution in [3.05, 3.63) is 59.2 Å². The number of nitrogens with zero attached hydrogens (tertiary/aromatic N) is 2. The molecule has 0 saturated carbocycles. The minimum Gasteiger partial charge on any atom is -0.454 e. The predicted octanol–water partition coefficient (Wildman–Crippen LogP) is 2.82. The predicted molar refractivity (Wildman–Crippen MR) is 107 cm³/mol. The van der Waals surface area contributed by atoms with Gasteiger partial charge in [-0.25, -0.2) is 0 Å². The van der Waals surface area contributed by atoms with Crippen LogP contribution in [-0.2, 0) is 11.3 Å². The lowest BCUT2D eigenvalue weighted by molar-refractivity contribution is -0.109. The Hall–Kier alpha value is -2.86. The molecule has 0 bridgehead atoms. The van der Waals surface area contributed by atoms with E-state index in [1.165, 1.54) is 5.56 Å². The summed E-state index contributed by atoms with van der Waals surface area (Å²) < 4.78 is 10.9. The number of benzene rings is 2. The maximum absolute atomic E-state index is 12.6. The average molecular weight is 392 g/mol. The van der Waals surface area contributed by atoms with Gasteiger partial charge in [-0.15, -0.1) is 0 Å². The fourth-order valence-corrected chi connectivity index (χ4v) is 4.81. The van der Waals surface area contributed by atoms with E-state index in [0.717, 1.165) is 48.3 Å². The van der Waals surface area contributed by atoms with Gasteiger partial charge in [0.15, 0.2) is 11.5 Å². The van der Waals surface area contributed by atoms with Crippen LogP contribution in [0.5, 0.6) is 11.5 Å². The van der Waals surface area contributed by atoms with Gasteiger partial charge >= 0.3 is 0 Å². The number of hydrogen-bond donors (Lipinski definition) is 0. The van der Waals surface area contributed by atoms with Crippen molar-refractivity contribution >= 4 is 12.2 Å². The molecule has 3 heterocycles. The molecule has 0 unspecified atom stereocenters. The number of aldehydes is 1. The standard InChI is InChI=1S/C23H24N2O4/c26-10-9-24-14-18(16-5-6-21-22(12-16)29-15-28-21)11-19(24)7-8-25-13-17-3-1-2-4-20(17)23(25)27/h1-6,10,12,18-19H,7-9,11,13-15H2/t18-,19+/m1/s1. The van der Waals surface area contributed by atoms with Crippen LogP contribution in [0.15, 0.2) is 42.5 Å². The molecule has 6 heteroatoms. The van der Waals surface area contributed by atoms with Gasteiger partial charge in [0.2, 0.25) is 6.79 Å². The Bertz CT molecular complexity index is 944. The van der Waals surface area contributed by atoms with Crippen molar-refractivity contribution < 1.29 is 19.1 Å². The Balaban J connectivity index is 1.26. The fourth-order valence-electron chi connectivity index (χ4n) is 4.81. The lowest BCUT2D eigenvalue weighted by Crippen LogP contribution is -2.35. The fraction of sp³-hybridized carbons (Fsp3) is 0.391. The number of fused-ring (bicyclic) bond motifs is 2. The van der Waals surface area contributed by atoms with Crippen molar-refractivity contribution in [3.63, 3.8) is 0 Å². The van der Waals surface area contributed by atoms with E-state index < -0.39 is 0 Å². The number of ether oxygens (including phenoxy) is 2. The summed E-state index contributed by atoms with van der Waals surface area (Å²) >= 11 is 0. The molecule has 1 amide bonds. The highest BCUT2D eigenvalue weighted by atomic mass is 16.7. The first kappa shape index (κ1) is 18.2. The molecule has 1 saturated heterocycles. The van der Waals surface area contributed by atoms with Crippen molar-refractivity contribution in [3.8, 4) is 11.5 Å². The molecule has 1 fully saturated rings. The van der Waals surface area contributed by atoms with Crippen molar-refractivity contribution in [2.24, 2.45) is 0 Å². The van der Waals surface area contributed by atoms with Crippen LogP contribution in [0.4, 0.5) is 0 Å². The summed E-state index contributed by atoms with van der Waals surface area (Å²) in [5.74, 6) is 2.06. The minimum atomic E-state index is 0.118. The molecule has 2 atom stereocenters. The normalized spacial score (nSPS) is 22.9. The van der Waals surface area contributed by atoms with Gasteiger partial charge in [-0.1, -0.05) is 24.3 Å². The van der Waals surface area contributed by atoms with E-state index in [-0.39, 0.29) is 18.7 Å². The minimum absolute atomic E-state index is 0.118. The molecule has 2 aromatic rings. The maximum Gasteiger partial charge on any atom is 0.254 e. The number of likely N-dealkylation sites (tertiary alicyclic amines) is 1. The van der Waals surface area contributed by atoms with Gasteiger partial charge in [-0.2, -0.15) is 0 Å². The highest BCUT2D eigenvalue weighted by molar-refractivity contribution is 5.98. The molecular formula is C23H24N2O4. The summed E-state index contributed by atoms with van der Waals surface area (Å²) in [4.78, 5) is 28.0. The first-order valence-electron chi connectivity index (χ1n) is 10.2. The Morgan fingerprint density at radius 3 is 2.83 bits per heavy atom. The smallest absolute Gasteiger partial charge is 0.254 e. The third-order valence-electron chi connectivity index (χ3n) is 6.33. The van der Waals surface area contributed by atoms with E-state index in [2.05, 4.69) is 17.0 Å². The topological polar surface area (TPSA) is 59.1 Å². The number of rotatable bonds is 6. The molecule has 0 radical (unpaired) electrons. The summed E-state index contributed by atoms with van der Waals surface area (Å²) in [6, 6.07) is 14.2. The van der Waals surface area contributed by atoms with Gasteiger partial charge in [0.1, 0.15) is 6.29 Å². The van der Waals surface area contributed by atoms with Gasteiger partial charge in [0.25, 0.3) is 5.91 Å². The number of carbonyl (C=O) groups is 2. The van der Waals surface area contributed by atoms with Crippen LogP contribution in [-0.4, -0.2) is 54.5 Å². The summed E-state index contributed by atoms with van der Waals surface area (Å²) in [6.07, 6.45) is 2.82. The molecule has 2 aromatic carbocycles. The number of hydrogen-bond acceptors (Lipinski definition) is 5. The van der Waals surface area contributed by atoms with Gasteiger partial charge in [0, 0.05) is 31.2 Å². The second kappa shape index (κ2) is 7.52. The van der Waals surface area contributed by atoms with Gasteiger partial charge in [-0.3, -0.25) is 9.69 Å². The van der Waals surface area contributed by atoms with E-state index in [4.69, 9.17) is 9.47 Å². The second-order valence-corrected chi connectivity index (χ2v) is 7.99. The third kappa shape index (κ3) is 3.38. The first-order valence-corrected chi connectivity index (χ1v) is 10.2. The molecule has 0 aliphatic carbocycles. The van der Waals surface area contributed by atoms with Gasteiger partial charge in [-0.05, 0) is 48.1 Å². The maximum atomic E-state index is 12.6. The van der Waals surface area contributed by atoms with E-state index in [1.54, 1.807) is 0 Å². The Morgan fingerprint density at radius 2 is 1.97 bits per heavy atom. The van der Waals surface area contributed by atoms with Crippen LogP contribution in [0.1, 0.15) is 40.2 Å².